The first-order valence-electron chi connectivity index (χ1n) is 6.67. The highest BCUT2D eigenvalue weighted by atomic mass is 32.2. The zero-order chi connectivity index (χ0) is 14.1. The van der Waals surface area contributed by atoms with Gasteiger partial charge >= 0.3 is 0 Å². The molecule has 20 heavy (non-hydrogen) atoms. The normalized spacial score (nSPS) is 21.6. The van der Waals surface area contributed by atoms with E-state index in [0.29, 0.717) is 23.5 Å². The molecule has 0 saturated carbocycles. The first-order valence-corrected chi connectivity index (χ1v) is 7.66. The summed E-state index contributed by atoms with van der Waals surface area (Å²) in [5.41, 5.74) is 1.27. The van der Waals surface area contributed by atoms with E-state index in [1.807, 2.05) is 6.07 Å². The van der Waals surface area contributed by atoms with E-state index in [1.54, 1.807) is 17.0 Å². The van der Waals surface area contributed by atoms with Crippen LogP contribution in [0.2, 0.25) is 0 Å². The summed E-state index contributed by atoms with van der Waals surface area (Å²) in [6.07, 6.45) is 1.77. The number of hydrogen-bond donors (Lipinski definition) is 2. The van der Waals surface area contributed by atoms with Crippen LogP contribution in [0.15, 0.2) is 23.1 Å². The van der Waals surface area contributed by atoms with Gasteiger partial charge in [0.2, 0.25) is 5.91 Å². The zero-order valence-corrected chi connectivity index (χ0v) is 11.8. The van der Waals surface area contributed by atoms with Crippen LogP contribution in [0.1, 0.15) is 23.2 Å². The summed E-state index contributed by atoms with van der Waals surface area (Å²) in [7, 11) is 0. The third kappa shape index (κ3) is 2.41. The van der Waals surface area contributed by atoms with Gasteiger partial charge in [0.1, 0.15) is 0 Å². The number of hydrogen-bond acceptors (Lipinski definition) is 4. The minimum Gasteiger partial charge on any atom is -0.394 e. The number of rotatable bonds is 2. The topological polar surface area (TPSA) is 69.6 Å². The molecule has 1 fully saturated rings. The van der Waals surface area contributed by atoms with Gasteiger partial charge in [-0.3, -0.25) is 9.59 Å². The van der Waals surface area contributed by atoms with Crippen LogP contribution in [0.3, 0.4) is 0 Å². The fourth-order valence-electron chi connectivity index (χ4n) is 2.67. The lowest BCUT2D eigenvalue weighted by Gasteiger charge is -2.24. The molecule has 2 heterocycles. The van der Waals surface area contributed by atoms with Crippen LogP contribution in [-0.2, 0) is 4.79 Å². The van der Waals surface area contributed by atoms with Crippen molar-refractivity contribution in [2.75, 3.05) is 24.2 Å². The van der Waals surface area contributed by atoms with Crippen LogP contribution in [0.4, 0.5) is 5.69 Å². The summed E-state index contributed by atoms with van der Waals surface area (Å²) < 4.78 is 0. The highest BCUT2D eigenvalue weighted by Crippen LogP contribution is 2.32. The first kappa shape index (κ1) is 13.5. The SMILES string of the molecule is O=C1CSc2ccc(C(=O)N3CCCC3CO)cc2N1. The smallest absolute Gasteiger partial charge is 0.254 e. The van der Waals surface area contributed by atoms with Gasteiger partial charge in [-0.1, -0.05) is 0 Å². The van der Waals surface area contributed by atoms with Gasteiger partial charge in [-0.15, -0.1) is 11.8 Å². The standard InChI is InChI=1S/C14H16N2O3S/c17-7-10-2-1-5-16(10)14(19)9-3-4-12-11(6-9)15-13(18)8-20-12/h3-4,6,10,17H,1-2,5,7-8H2,(H,15,18). The molecule has 0 aliphatic carbocycles. The van der Waals surface area contributed by atoms with Gasteiger partial charge in [-0.25, -0.2) is 0 Å². The first-order chi connectivity index (χ1) is 9.69. The van der Waals surface area contributed by atoms with Crippen LogP contribution in [0, 0.1) is 0 Å². The maximum atomic E-state index is 12.5. The molecule has 2 amide bonds. The molecule has 1 saturated heterocycles. The largest absolute Gasteiger partial charge is 0.394 e. The maximum Gasteiger partial charge on any atom is 0.254 e. The fourth-order valence-corrected chi connectivity index (χ4v) is 3.46. The number of nitrogens with one attached hydrogen (secondary N) is 1. The predicted molar refractivity (Wildman–Crippen MR) is 76.9 cm³/mol. The van der Waals surface area contributed by atoms with Crippen molar-refractivity contribution in [1.82, 2.24) is 4.90 Å². The van der Waals surface area contributed by atoms with E-state index >= 15 is 0 Å². The molecule has 0 aromatic heterocycles. The molecule has 106 valence electrons. The average Bonchev–Trinajstić information content (AvgIpc) is 2.94. The second-order valence-corrected chi connectivity index (χ2v) is 6.04. The van der Waals surface area contributed by atoms with E-state index in [9.17, 15) is 14.7 Å². The Morgan fingerprint density at radius 2 is 2.35 bits per heavy atom. The molecule has 0 radical (unpaired) electrons. The minimum atomic E-state index is -0.0810. The number of aliphatic hydroxyl groups excluding tert-OH is 1. The summed E-state index contributed by atoms with van der Waals surface area (Å²) in [6, 6.07) is 5.31. The molecule has 5 nitrogen and oxygen atoms in total. The van der Waals surface area contributed by atoms with E-state index in [2.05, 4.69) is 5.32 Å². The van der Waals surface area contributed by atoms with Crippen molar-refractivity contribution in [3.8, 4) is 0 Å². The Hall–Kier alpha value is -1.53. The fraction of sp³-hybridized carbons (Fsp3) is 0.429. The van der Waals surface area contributed by atoms with Crippen LogP contribution < -0.4 is 5.32 Å². The van der Waals surface area contributed by atoms with Crippen molar-refractivity contribution >= 4 is 29.3 Å². The Balaban J connectivity index is 1.85. The molecule has 2 N–H and O–H groups in total. The third-order valence-electron chi connectivity index (χ3n) is 3.71. The Kier molecular flexibility index (Phi) is 3.67. The van der Waals surface area contributed by atoms with E-state index in [0.717, 1.165) is 17.7 Å². The number of thioether (sulfide) groups is 1. The number of carbonyl (C=O) groups is 2. The minimum absolute atomic E-state index is 0.00324. The lowest BCUT2D eigenvalue weighted by Crippen LogP contribution is -2.37. The molecule has 6 heteroatoms. The van der Waals surface area contributed by atoms with Crippen LogP contribution >= 0.6 is 11.8 Å². The molecular formula is C14H16N2O3S. The molecular weight excluding hydrogens is 276 g/mol. The van der Waals surface area contributed by atoms with Gasteiger partial charge in [0.25, 0.3) is 5.91 Å². The number of amides is 2. The number of fused-ring (bicyclic) bond motifs is 1. The maximum absolute atomic E-state index is 12.5. The molecule has 3 rings (SSSR count). The Bertz CT molecular complexity index is 561. The van der Waals surface area contributed by atoms with Crippen molar-refractivity contribution in [1.29, 1.82) is 0 Å². The third-order valence-corrected chi connectivity index (χ3v) is 4.78. The van der Waals surface area contributed by atoms with Gasteiger partial charge in [0.15, 0.2) is 0 Å². The highest BCUT2D eigenvalue weighted by molar-refractivity contribution is 8.00. The highest BCUT2D eigenvalue weighted by Gasteiger charge is 2.29. The van der Waals surface area contributed by atoms with Crippen molar-refractivity contribution in [3.05, 3.63) is 23.8 Å². The van der Waals surface area contributed by atoms with E-state index in [4.69, 9.17) is 0 Å². The van der Waals surface area contributed by atoms with E-state index in [-0.39, 0.29) is 24.5 Å². The quantitative estimate of drug-likeness (QED) is 0.863. The average molecular weight is 292 g/mol. The van der Waals surface area contributed by atoms with Crippen LogP contribution in [0.5, 0.6) is 0 Å². The summed E-state index contributed by atoms with van der Waals surface area (Å²) in [5.74, 6) is 0.301. The van der Waals surface area contributed by atoms with Gasteiger partial charge < -0.3 is 15.3 Å². The van der Waals surface area contributed by atoms with Crippen molar-refractivity contribution < 1.29 is 14.7 Å². The predicted octanol–water partition coefficient (Wildman–Crippen LogP) is 1.33. The second kappa shape index (κ2) is 5.46. The van der Waals surface area contributed by atoms with Gasteiger partial charge in [-0.2, -0.15) is 0 Å². The molecule has 1 atom stereocenters. The summed E-state index contributed by atoms with van der Waals surface area (Å²) in [4.78, 5) is 26.6. The molecule has 2 aliphatic rings. The Morgan fingerprint density at radius 3 is 3.15 bits per heavy atom. The number of anilines is 1. The molecule has 2 aliphatic heterocycles. The lowest BCUT2D eigenvalue weighted by molar-refractivity contribution is -0.113. The molecule has 1 aromatic rings. The summed E-state index contributed by atoms with van der Waals surface area (Å²) in [5, 5.41) is 12.1. The molecule has 0 bridgehead atoms. The number of nitrogens with zero attached hydrogens (tertiary/aromatic N) is 1. The second-order valence-electron chi connectivity index (χ2n) is 5.02. The number of likely N-dealkylation sites (tertiary alicyclic amines) is 1. The van der Waals surface area contributed by atoms with Gasteiger partial charge in [0, 0.05) is 17.0 Å². The monoisotopic (exact) mass is 292 g/mol. The zero-order valence-electron chi connectivity index (χ0n) is 11.0. The molecule has 0 spiro atoms. The molecule has 1 aromatic carbocycles. The van der Waals surface area contributed by atoms with Crippen molar-refractivity contribution in [2.45, 2.75) is 23.8 Å². The lowest BCUT2D eigenvalue weighted by atomic mass is 10.1. The van der Waals surface area contributed by atoms with Crippen molar-refractivity contribution in [3.63, 3.8) is 0 Å². The van der Waals surface area contributed by atoms with E-state index < -0.39 is 0 Å². The molecule has 1 unspecified atom stereocenters. The van der Waals surface area contributed by atoms with Crippen LogP contribution in [0.25, 0.3) is 0 Å². The Labute approximate surface area is 121 Å². The van der Waals surface area contributed by atoms with Crippen LogP contribution in [-0.4, -0.2) is 46.8 Å². The summed E-state index contributed by atoms with van der Waals surface area (Å²) in [6.45, 7) is 0.686. The van der Waals surface area contributed by atoms with Crippen molar-refractivity contribution in [2.24, 2.45) is 0 Å². The number of carbonyl (C=O) groups excluding carboxylic acids is 2. The van der Waals surface area contributed by atoms with E-state index in [1.165, 1.54) is 11.8 Å². The summed E-state index contributed by atoms with van der Waals surface area (Å²) >= 11 is 1.48. The Morgan fingerprint density at radius 1 is 1.50 bits per heavy atom. The number of benzene rings is 1. The van der Waals surface area contributed by atoms with Gasteiger partial charge in [-0.05, 0) is 31.0 Å². The van der Waals surface area contributed by atoms with Gasteiger partial charge in [0.05, 0.1) is 24.1 Å². The number of aliphatic hydroxyl groups is 1.